The molecule has 1 aromatic rings. The van der Waals surface area contributed by atoms with Crippen molar-refractivity contribution in [2.45, 2.75) is 6.92 Å². The summed E-state index contributed by atoms with van der Waals surface area (Å²) in [6.07, 6.45) is 0. The van der Waals surface area contributed by atoms with E-state index in [1.54, 1.807) is 0 Å². The Morgan fingerprint density at radius 3 is 2.12 bits per heavy atom. The number of carbonyl (C=O) groups is 2. The predicted octanol–water partition coefficient (Wildman–Crippen LogP) is 1.85. The first-order valence-corrected chi connectivity index (χ1v) is 4.33. The minimum Gasteiger partial charge on any atom is -0.460 e. The molecular weight excluding hydrogens is 225 g/mol. The number of ketones is 1. The van der Waals surface area contributed by atoms with Crippen molar-refractivity contribution in [2.75, 3.05) is 6.61 Å². The second kappa shape index (κ2) is 4.78. The monoisotopic (exact) mass is 232 g/mol. The normalized spacial score (nSPS) is 10.0. The van der Waals surface area contributed by atoms with Gasteiger partial charge in [0, 0.05) is 12.1 Å². The Labute approximate surface area is 88.8 Å². The molecule has 0 saturated carbocycles. The molecule has 0 saturated heterocycles. The third-order valence-corrected chi connectivity index (χ3v) is 1.69. The van der Waals surface area contributed by atoms with Gasteiger partial charge in [-0.25, -0.2) is 18.0 Å². The Morgan fingerprint density at radius 1 is 1.19 bits per heavy atom. The number of hydrogen-bond donors (Lipinski definition) is 0. The Hall–Kier alpha value is -1.85. The van der Waals surface area contributed by atoms with Gasteiger partial charge in [0.25, 0.3) is 5.78 Å². The summed E-state index contributed by atoms with van der Waals surface area (Å²) in [6, 6.07) is 0.630. The number of benzene rings is 1. The largest absolute Gasteiger partial charge is 0.460 e. The smallest absolute Gasteiger partial charge is 0.379 e. The average molecular weight is 232 g/mol. The highest BCUT2D eigenvalue weighted by atomic mass is 19.1. The number of esters is 1. The number of Topliss-reactive ketones (excluding diaryl/α,β-unsaturated/α-hetero) is 1. The first-order chi connectivity index (χ1) is 7.47. The van der Waals surface area contributed by atoms with Crippen LogP contribution >= 0.6 is 0 Å². The van der Waals surface area contributed by atoms with Gasteiger partial charge in [-0.3, -0.25) is 4.79 Å². The quantitative estimate of drug-likeness (QED) is 0.453. The van der Waals surface area contributed by atoms with Crippen molar-refractivity contribution < 1.29 is 27.5 Å². The van der Waals surface area contributed by atoms with Crippen LogP contribution in [0.2, 0.25) is 0 Å². The molecule has 0 aliphatic rings. The fourth-order valence-corrected chi connectivity index (χ4v) is 1.06. The standard InChI is InChI=1S/C10H7F3O3/c1-2-16-10(15)9(14)8-6(12)3-5(11)4-7(8)13/h3-4H,2H2,1H3. The highest BCUT2D eigenvalue weighted by Gasteiger charge is 2.25. The van der Waals surface area contributed by atoms with Gasteiger partial charge in [-0.2, -0.15) is 0 Å². The Bertz CT molecular complexity index is 420. The first kappa shape index (κ1) is 12.2. The number of carbonyl (C=O) groups excluding carboxylic acids is 2. The van der Waals surface area contributed by atoms with Crippen LogP contribution in [0.1, 0.15) is 17.3 Å². The molecule has 0 aromatic heterocycles. The van der Waals surface area contributed by atoms with Gasteiger partial charge in [-0.15, -0.1) is 0 Å². The lowest BCUT2D eigenvalue weighted by Crippen LogP contribution is -2.20. The second-order valence-corrected chi connectivity index (χ2v) is 2.79. The van der Waals surface area contributed by atoms with E-state index < -0.39 is 34.8 Å². The Kier molecular flexibility index (Phi) is 3.65. The van der Waals surface area contributed by atoms with Crippen LogP contribution in [-0.2, 0) is 9.53 Å². The molecule has 0 unspecified atom stereocenters. The summed E-state index contributed by atoms with van der Waals surface area (Å²) in [5.41, 5.74) is -1.11. The van der Waals surface area contributed by atoms with E-state index in [0.29, 0.717) is 12.1 Å². The van der Waals surface area contributed by atoms with Crippen LogP contribution in [0.5, 0.6) is 0 Å². The minimum atomic E-state index is -1.48. The van der Waals surface area contributed by atoms with Crippen LogP contribution in [0.3, 0.4) is 0 Å². The molecule has 0 radical (unpaired) electrons. The SMILES string of the molecule is CCOC(=O)C(=O)c1c(F)cc(F)cc1F. The zero-order chi connectivity index (χ0) is 12.3. The lowest BCUT2D eigenvalue weighted by molar-refractivity contribution is -0.137. The van der Waals surface area contributed by atoms with E-state index >= 15 is 0 Å². The summed E-state index contributed by atoms with van der Waals surface area (Å²) < 4.78 is 42.9. The van der Waals surface area contributed by atoms with Gasteiger partial charge in [0.15, 0.2) is 0 Å². The van der Waals surface area contributed by atoms with E-state index in [1.165, 1.54) is 6.92 Å². The molecule has 0 atom stereocenters. The first-order valence-electron chi connectivity index (χ1n) is 4.33. The van der Waals surface area contributed by atoms with E-state index in [9.17, 15) is 22.8 Å². The van der Waals surface area contributed by atoms with E-state index in [1.807, 2.05) is 0 Å². The maximum Gasteiger partial charge on any atom is 0.379 e. The summed E-state index contributed by atoms with van der Waals surface area (Å²) in [7, 11) is 0. The van der Waals surface area contributed by atoms with Crippen molar-refractivity contribution in [3.05, 3.63) is 35.1 Å². The molecule has 0 aliphatic carbocycles. The molecular formula is C10H7F3O3. The fourth-order valence-electron chi connectivity index (χ4n) is 1.06. The predicted molar refractivity (Wildman–Crippen MR) is 47.3 cm³/mol. The highest BCUT2D eigenvalue weighted by molar-refractivity contribution is 6.40. The third kappa shape index (κ3) is 2.39. The molecule has 6 heteroatoms. The van der Waals surface area contributed by atoms with Crippen molar-refractivity contribution in [1.82, 2.24) is 0 Å². The second-order valence-electron chi connectivity index (χ2n) is 2.79. The lowest BCUT2D eigenvalue weighted by atomic mass is 10.1. The molecule has 86 valence electrons. The average Bonchev–Trinajstić information content (AvgIpc) is 2.16. The molecule has 1 rings (SSSR count). The molecule has 1 aromatic carbocycles. The summed E-state index contributed by atoms with van der Waals surface area (Å²) in [5.74, 6) is -6.90. The molecule has 3 nitrogen and oxygen atoms in total. The van der Waals surface area contributed by atoms with Crippen molar-refractivity contribution >= 4 is 11.8 Å². The topological polar surface area (TPSA) is 43.4 Å². The zero-order valence-corrected chi connectivity index (χ0v) is 8.22. The summed E-state index contributed by atoms with van der Waals surface area (Å²) in [6.45, 7) is 1.33. The number of ether oxygens (including phenoxy) is 1. The van der Waals surface area contributed by atoms with Gasteiger partial charge in [0.1, 0.15) is 23.0 Å². The summed E-state index contributed by atoms with van der Waals surface area (Å²) >= 11 is 0. The van der Waals surface area contributed by atoms with Crippen LogP contribution in [0.15, 0.2) is 12.1 Å². The molecule has 0 aliphatic heterocycles. The van der Waals surface area contributed by atoms with Crippen molar-refractivity contribution in [2.24, 2.45) is 0 Å². The molecule has 0 amide bonds. The Morgan fingerprint density at radius 2 is 1.69 bits per heavy atom. The van der Waals surface area contributed by atoms with Crippen LogP contribution in [0.25, 0.3) is 0 Å². The van der Waals surface area contributed by atoms with Gasteiger partial charge in [-0.1, -0.05) is 0 Å². The molecule has 0 spiro atoms. The molecule has 0 heterocycles. The molecule has 0 fully saturated rings. The fraction of sp³-hybridized carbons (Fsp3) is 0.200. The third-order valence-electron chi connectivity index (χ3n) is 1.69. The lowest BCUT2D eigenvalue weighted by Gasteiger charge is -2.03. The molecule has 0 bridgehead atoms. The van der Waals surface area contributed by atoms with Crippen LogP contribution in [0, 0.1) is 17.5 Å². The van der Waals surface area contributed by atoms with E-state index in [2.05, 4.69) is 4.74 Å². The van der Waals surface area contributed by atoms with Gasteiger partial charge in [0.05, 0.1) is 6.61 Å². The summed E-state index contributed by atoms with van der Waals surface area (Å²) in [4.78, 5) is 22.1. The zero-order valence-electron chi connectivity index (χ0n) is 8.22. The Balaban J connectivity index is 3.14. The van der Waals surface area contributed by atoms with Crippen LogP contribution in [-0.4, -0.2) is 18.4 Å². The maximum atomic E-state index is 13.1. The molecule has 0 N–H and O–H groups in total. The van der Waals surface area contributed by atoms with Crippen molar-refractivity contribution in [3.63, 3.8) is 0 Å². The van der Waals surface area contributed by atoms with Crippen LogP contribution < -0.4 is 0 Å². The number of halogens is 3. The van der Waals surface area contributed by atoms with E-state index in [-0.39, 0.29) is 6.61 Å². The number of hydrogen-bond acceptors (Lipinski definition) is 3. The summed E-state index contributed by atoms with van der Waals surface area (Å²) in [5, 5.41) is 0. The van der Waals surface area contributed by atoms with Crippen molar-refractivity contribution in [1.29, 1.82) is 0 Å². The van der Waals surface area contributed by atoms with Gasteiger partial charge < -0.3 is 4.74 Å². The molecule has 16 heavy (non-hydrogen) atoms. The van der Waals surface area contributed by atoms with Gasteiger partial charge in [-0.05, 0) is 6.92 Å². The highest BCUT2D eigenvalue weighted by Crippen LogP contribution is 2.15. The van der Waals surface area contributed by atoms with E-state index in [4.69, 9.17) is 0 Å². The van der Waals surface area contributed by atoms with Crippen LogP contribution in [0.4, 0.5) is 13.2 Å². The van der Waals surface area contributed by atoms with Gasteiger partial charge >= 0.3 is 5.97 Å². The van der Waals surface area contributed by atoms with Gasteiger partial charge in [0.2, 0.25) is 0 Å². The van der Waals surface area contributed by atoms with Crippen molar-refractivity contribution in [3.8, 4) is 0 Å². The minimum absolute atomic E-state index is 0.102. The van der Waals surface area contributed by atoms with E-state index in [0.717, 1.165) is 0 Å². The number of rotatable bonds is 3. The maximum absolute atomic E-state index is 13.1.